The number of carbonyl (C=O) groups is 1. The van der Waals surface area contributed by atoms with Crippen molar-refractivity contribution in [2.24, 2.45) is 5.92 Å². The quantitative estimate of drug-likeness (QED) is 0.638. The molecule has 152 valence electrons. The summed E-state index contributed by atoms with van der Waals surface area (Å²) in [6.45, 7) is 4.75. The van der Waals surface area contributed by atoms with Crippen molar-refractivity contribution in [3.63, 3.8) is 0 Å². The van der Waals surface area contributed by atoms with E-state index in [1.807, 2.05) is 49.4 Å². The lowest BCUT2D eigenvalue weighted by atomic mass is 9.96. The molecule has 2 heterocycles. The molecule has 1 aromatic heterocycles. The summed E-state index contributed by atoms with van der Waals surface area (Å²) in [6, 6.07) is 13.5. The second-order valence-corrected chi connectivity index (χ2v) is 7.71. The van der Waals surface area contributed by atoms with Crippen LogP contribution in [0.4, 0.5) is 5.95 Å². The third-order valence-corrected chi connectivity index (χ3v) is 5.53. The minimum absolute atomic E-state index is 0.0350. The van der Waals surface area contributed by atoms with Crippen LogP contribution in [0.3, 0.4) is 0 Å². The van der Waals surface area contributed by atoms with Crippen LogP contribution >= 0.6 is 11.6 Å². The molecule has 7 heteroatoms. The molecule has 4 rings (SSSR count). The van der Waals surface area contributed by atoms with Gasteiger partial charge in [-0.3, -0.25) is 4.79 Å². The summed E-state index contributed by atoms with van der Waals surface area (Å²) in [5.74, 6) is 1.85. The zero-order chi connectivity index (χ0) is 20.2. The summed E-state index contributed by atoms with van der Waals surface area (Å²) < 4.78 is 5.45. The summed E-state index contributed by atoms with van der Waals surface area (Å²) >= 11 is 6.05. The van der Waals surface area contributed by atoms with E-state index in [0.29, 0.717) is 18.2 Å². The zero-order valence-electron chi connectivity index (χ0n) is 16.5. The number of imidazole rings is 1. The van der Waals surface area contributed by atoms with Crippen molar-refractivity contribution in [2.75, 3.05) is 24.6 Å². The van der Waals surface area contributed by atoms with Crippen LogP contribution in [0.25, 0.3) is 11.0 Å². The van der Waals surface area contributed by atoms with Gasteiger partial charge in [0.2, 0.25) is 11.9 Å². The highest BCUT2D eigenvalue weighted by Crippen LogP contribution is 2.25. The van der Waals surface area contributed by atoms with Crippen molar-refractivity contribution in [1.82, 2.24) is 15.3 Å². The molecule has 3 aromatic rings. The van der Waals surface area contributed by atoms with E-state index in [-0.39, 0.29) is 11.8 Å². The number of rotatable bonds is 6. The minimum atomic E-state index is 0.0350. The first kappa shape index (κ1) is 19.6. The lowest BCUT2D eigenvalue weighted by Crippen LogP contribution is -2.40. The fraction of sp³-hybridized carbons (Fsp3) is 0.364. The number of ether oxygens (including phenoxy) is 1. The van der Waals surface area contributed by atoms with Gasteiger partial charge in [0.15, 0.2) is 0 Å². The maximum atomic E-state index is 12.6. The lowest BCUT2D eigenvalue weighted by Gasteiger charge is -2.31. The van der Waals surface area contributed by atoms with E-state index in [4.69, 9.17) is 16.3 Å². The first-order valence-corrected chi connectivity index (χ1v) is 10.4. The van der Waals surface area contributed by atoms with Gasteiger partial charge in [0.25, 0.3) is 0 Å². The Bertz CT molecular complexity index is 978. The molecule has 29 heavy (non-hydrogen) atoms. The molecule has 1 aliphatic heterocycles. The highest BCUT2D eigenvalue weighted by Gasteiger charge is 2.26. The van der Waals surface area contributed by atoms with Crippen LogP contribution in [0.2, 0.25) is 5.02 Å². The van der Waals surface area contributed by atoms with Gasteiger partial charge in [0.1, 0.15) is 5.75 Å². The number of hydrogen-bond donors (Lipinski definition) is 2. The molecule has 1 fully saturated rings. The highest BCUT2D eigenvalue weighted by molar-refractivity contribution is 6.31. The molecule has 6 nitrogen and oxygen atoms in total. The highest BCUT2D eigenvalue weighted by atomic mass is 35.5. The Morgan fingerprint density at radius 2 is 2.00 bits per heavy atom. The fourth-order valence-corrected chi connectivity index (χ4v) is 3.85. The summed E-state index contributed by atoms with van der Waals surface area (Å²) in [6.07, 6.45) is 1.62. The molecule has 0 radical (unpaired) electrons. The van der Waals surface area contributed by atoms with Crippen LogP contribution in [0.1, 0.15) is 25.3 Å². The molecule has 0 spiro atoms. The normalized spacial score (nSPS) is 14.9. The molecule has 0 atom stereocenters. The van der Waals surface area contributed by atoms with Crippen molar-refractivity contribution < 1.29 is 9.53 Å². The first-order valence-electron chi connectivity index (χ1n) is 10.0. The van der Waals surface area contributed by atoms with Crippen molar-refractivity contribution in [1.29, 1.82) is 0 Å². The Kier molecular flexibility index (Phi) is 5.90. The maximum absolute atomic E-state index is 12.6. The Hall–Kier alpha value is -2.73. The Morgan fingerprint density at radius 1 is 1.24 bits per heavy atom. The van der Waals surface area contributed by atoms with Crippen LogP contribution in [0, 0.1) is 5.92 Å². The number of piperidine rings is 1. The van der Waals surface area contributed by atoms with Crippen molar-refractivity contribution in [3.05, 3.63) is 53.1 Å². The number of anilines is 1. The lowest BCUT2D eigenvalue weighted by molar-refractivity contribution is -0.125. The largest absolute Gasteiger partial charge is 0.494 e. The average molecular weight is 413 g/mol. The third-order valence-electron chi connectivity index (χ3n) is 5.30. The van der Waals surface area contributed by atoms with Crippen LogP contribution < -0.4 is 15.0 Å². The van der Waals surface area contributed by atoms with Crippen LogP contribution in [-0.4, -0.2) is 35.6 Å². The minimum Gasteiger partial charge on any atom is -0.494 e. The number of halogens is 1. The van der Waals surface area contributed by atoms with E-state index < -0.39 is 0 Å². The Morgan fingerprint density at radius 3 is 2.72 bits per heavy atom. The van der Waals surface area contributed by atoms with E-state index in [0.717, 1.165) is 54.2 Å². The molecule has 1 aliphatic rings. The predicted molar refractivity (Wildman–Crippen MR) is 115 cm³/mol. The summed E-state index contributed by atoms with van der Waals surface area (Å²) in [5.41, 5.74) is 2.91. The molecule has 1 saturated heterocycles. The molecule has 0 aliphatic carbocycles. The fourth-order valence-electron chi connectivity index (χ4n) is 3.68. The molecule has 2 aromatic carbocycles. The SMILES string of the molecule is CCOc1ccc(CNC(=O)C2CCN(c3nc4ccc(Cl)cc4[nH]3)CC2)cc1. The second kappa shape index (κ2) is 8.74. The third kappa shape index (κ3) is 4.65. The number of benzene rings is 2. The average Bonchev–Trinajstić information content (AvgIpc) is 3.16. The van der Waals surface area contributed by atoms with E-state index in [2.05, 4.69) is 20.2 Å². The van der Waals surface area contributed by atoms with Gasteiger partial charge in [0, 0.05) is 30.6 Å². The summed E-state index contributed by atoms with van der Waals surface area (Å²) in [4.78, 5) is 22.7. The van der Waals surface area contributed by atoms with Gasteiger partial charge in [-0.05, 0) is 55.7 Å². The molecular formula is C22H25ClN4O2. The van der Waals surface area contributed by atoms with E-state index in [1.54, 1.807) is 0 Å². The van der Waals surface area contributed by atoms with Crippen molar-refractivity contribution in [2.45, 2.75) is 26.3 Å². The van der Waals surface area contributed by atoms with Gasteiger partial charge in [0.05, 0.1) is 17.6 Å². The van der Waals surface area contributed by atoms with E-state index in [1.165, 1.54) is 0 Å². The predicted octanol–water partition coefficient (Wildman–Crippen LogP) is 4.15. The number of H-pyrrole nitrogens is 1. The summed E-state index contributed by atoms with van der Waals surface area (Å²) in [7, 11) is 0. The number of aromatic amines is 1. The molecule has 2 N–H and O–H groups in total. The number of carbonyl (C=O) groups excluding carboxylic acids is 1. The summed E-state index contributed by atoms with van der Waals surface area (Å²) in [5, 5.41) is 3.76. The molecule has 0 unspecified atom stereocenters. The van der Waals surface area contributed by atoms with Gasteiger partial charge in [-0.2, -0.15) is 0 Å². The van der Waals surface area contributed by atoms with Crippen molar-refractivity contribution >= 4 is 34.5 Å². The second-order valence-electron chi connectivity index (χ2n) is 7.28. The van der Waals surface area contributed by atoms with Crippen LogP contribution in [0.15, 0.2) is 42.5 Å². The number of hydrogen-bond acceptors (Lipinski definition) is 4. The van der Waals surface area contributed by atoms with Gasteiger partial charge in [-0.15, -0.1) is 0 Å². The molecule has 0 bridgehead atoms. The molecular weight excluding hydrogens is 388 g/mol. The maximum Gasteiger partial charge on any atom is 0.223 e. The number of nitrogens with zero attached hydrogens (tertiary/aromatic N) is 2. The number of aromatic nitrogens is 2. The monoisotopic (exact) mass is 412 g/mol. The number of amides is 1. The van der Waals surface area contributed by atoms with Crippen LogP contribution in [0.5, 0.6) is 5.75 Å². The topological polar surface area (TPSA) is 70.2 Å². The Labute approximate surface area is 175 Å². The Balaban J connectivity index is 1.28. The number of fused-ring (bicyclic) bond motifs is 1. The van der Waals surface area contributed by atoms with E-state index in [9.17, 15) is 4.79 Å². The van der Waals surface area contributed by atoms with E-state index >= 15 is 0 Å². The zero-order valence-corrected chi connectivity index (χ0v) is 17.2. The van der Waals surface area contributed by atoms with Gasteiger partial charge in [-0.1, -0.05) is 23.7 Å². The standard InChI is InChI=1S/C22H25ClN4O2/c1-2-29-18-6-3-15(4-7-18)14-24-21(28)16-9-11-27(12-10-16)22-25-19-8-5-17(23)13-20(19)26-22/h3-8,13,16H,2,9-12,14H2,1H3,(H,24,28)(H,25,26). The molecule has 1 amide bonds. The number of nitrogens with one attached hydrogen (secondary N) is 2. The first-order chi connectivity index (χ1) is 14.1. The smallest absolute Gasteiger partial charge is 0.223 e. The van der Waals surface area contributed by atoms with Gasteiger partial charge >= 0.3 is 0 Å². The van der Waals surface area contributed by atoms with Gasteiger partial charge in [-0.25, -0.2) is 4.98 Å². The van der Waals surface area contributed by atoms with Crippen LogP contribution in [-0.2, 0) is 11.3 Å². The molecule has 0 saturated carbocycles. The van der Waals surface area contributed by atoms with Gasteiger partial charge < -0.3 is 19.9 Å². The van der Waals surface area contributed by atoms with Crippen molar-refractivity contribution in [3.8, 4) is 5.75 Å².